The van der Waals surface area contributed by atoms with E-state index in [9.17, 15) is 0 Å². The molecular weight excluding hydrogens is 152 g/mol. The van der Waals surface area contributed by atoms with Gasteiger partial charge in [-0.25, -0.2) is 0 Å². The second-order valence-corrected chi connectivity index (χ2v) is 3.33. The third kappa shape index (κ3) is 1.85. The molecule has 0 radical (unpaired) electrons. The zero-order valence-corrected chi connectivity index (χ0v) is 7.12. The molecule has 0 amide bonds. The molecule has 0 aromatic carbocycles. The maximum Gasteiger partial charge on any atom is 0.138 e. The van der Waals surface area contributed by atoms with Crippen LogP contribution in [0.2, 0.25) is 0 Å². The minimum Gasteiger partial charge on any atom is -0.361 e. The number of hydrogen-bond donors (Lipinski definition) is 1. The van der Waals surface area contributed by atoms with E-state index in [0.29, 0.717) is 6.04 Å². The topological polar surface area (TPSA) is 38.1 Å². The second-order valence-electron chi connectivity index (χ2n) is 3.33. The summed E-state index contributed by atoms with van der Waals surface area (Å²) in [6.07, 6.45) is 6.61. The summed E-state index contributed by atoms with van der Waals surface area (Å²) in [5, 5.41) is 7.15. The highest BCUT2D eigenvalue weighted by atomic mass is 16.5. The summed E-state index contributed by atoms with van der Waals surface area (Å²) in [5.74, 6) is 0.995. The van der Waals surface area contributed by atoms with Gasteiger partial charge in [0.2, 0.25) is 0 Å². The highest BCUT2D eigenvalue weighted by molar-refractivity contribution is 4.96. The molecule has 0 aliphatic carbocycles. The average Bonchev–Trinajstić information content (AvgIpc) is 2.59. The number of nitrogens with one attached hydrogen (secondary N) is 1. The number of rotatable bonds is 2. The van der Waals surface area contributed by atoms with Gasteiger partial charge in [-0.1, -0.05) is 11.6 Å². The van der Waals surface area contributed by atoms with Crippen LogP contribution in [0.4, 0.5) is 0 Å². The van der Waals surface area contributed by atoms with Crippen molar-refractivity contribution in [2.45, 2.75) is 31.7 Å². The summed E-state index contributed by atoms with van der Waals surface area (Å²) in [6, 6.07) is 2.54. The molecule has 0 bridgehead atoms. The molecule has 1 N–H and O–H groups in total. The molecule has 0 spiro atoms. The van der Waals surface area contributed by atoms with Crippen molar-refractivity contribution < 1.29 is 4.52 Å². The first kappa shape index (κ1) is 7.80. The molecular formula is C9H14N2O. The van der Waals surface area contributed by atoms with Gasteiger partial charge in [0.15, 0.2) is 0 Å². The Balaban J connectivity index is 1.86. The van der Waals surface area contributed by atoms with E-state index in [1.165, 1.54) is 19.3 Å². The molecule has 66 valence electrons. The van der Waals surface area contributed by atoms with Gasteiger partial charge in [0.05, 0.1) is 6.20 Å². The first-order valence-electron chi connectivity index (χ1n) is 4.58. The second kappa shape index (κ2) is 3.72. The lowest BCUT2D eigenvalue weighted by Gasteiger charge is -2.21. The Morgan fingerprint density at radius 3 is 3.25 bits per heavy atom. The van der Waals surface area contributed by atoms with Crippen LogP contribution in [0.1, 0.15) is 25.0 Å². The molecule has 1 unspecified atom stereocenters. The Labute approximate surface area is 72.1 Å². The fourth-order valence-electron chi connectivity index (χ4n) is 1.69. The number of nitrogens with zero attached hydrogens (tertiary/aromatic N) is 1. The molecule has 2 rings (SSSR count). The summed E-state index contributed by atoms with van der Waals surface area (Å²) < 4.78 is 5.05. The van der Waals surface area contributed by atoms with Gasteiger partial charge in [0, 0.05) is 18.5 Å². The third-order valence-corrected chi connectivity index (χ3v) is 2.35. The standard InChI is InChI=1S/C9H14N2O/c1-2-5-10-8(3-1)7-9-4-6-11-12-9/h4,6,8,10H,1-3,5,7H2. The maximum atomic E-state index is 5.05. The molecule has 12 heavy (non-hydrogen) atoms. The van der Waals surface area contributed by atoms with Crippen LogP contribution in [0.5, 0.6) is 0 Å². The van der Waals surface area contributed by atoms with Gasteiger partial charge in [-0.15, -0.1) is 0 Å². The lowest BCUT2D eigenvalue weighted by atomic mass is 10.0. The third-order valence-electron chi connectivity index (χ3n) is 2.35. The SMILES string of the molecule is c1cc(CC2CCCCN2)on1. The van der Waals surface area contributed by atoms with Gasteiger partial charge in [-0.05, 0) is 19.4 Å². The van der Waals surface area contributed by atoms with E-state index in [4.69, 9.17) is 4.52 Å². The van der Waals surface area contributed by atoms with Crippen LogP contribution >= 0.6 is 0 Å². The average molecular weight is 166 g/mol. The maximum absolute atomic E-state index is 5.05. The van der Waals surface area contributed by atoms with Gasteiger partial charge in [-0.2, -0.15) is 0 Å². The van der Waals surface area contributed by atoms with E-state index in [1.807, 2.05) is 6.07 Å². The lowest BCUT2D eigenvalue weighted by Crippen LogP contribution is -2.35. The van der Waals surface area contributed by atoms with Crippen molar-refractivity contribution in [3.63, 3.8) is 0 Å². The Morgan fingerprint density at radius 2 is 2.58 bits per heavy atom. The summed E-state index contributed by atoms with van der Waals surface area (Å²) in [4.78, 5) is 0. The van der Waals surface area contributed by atoms with Crippen molar-refractivity contribution in [3.8, 4) is 0 Å². The first-order valence-corrected chi connectivity index (χ1v) is 4.58. The molecule has 1 aliphatic heterocycles. The predicted molar refractivity (Wildman–Crippen MR) is 45.8 cm³/mol. The van der Waals surface area contributed by atoms with E-state index in [0.717, 1.165) is 18.7 Å². The normalized spacial score (nSPS) is 24.2. The number of hydrogen-bond acceptors (Lipinski definition) is 3. The highest BCUT2D eigenvalue weighted by Gasteiger charge is 2.14. The van der Waals surface area contributed by atoms with Crippen molar-refractivity contribution >= 4 is 0 Å². The van der Waals surface area contributed by atoms with Gasteiger partial charge in [-0.3, -0.25) is 0 Å². The quantitative estimate of drug-likeness (QED) is 0.720. The summed E-state index contributed by atoms with van der Waals surface area (Å²) in [5.41, 5.74) is 0. The van der Waals surface area contributed by atoms with Crippen molar-refractivity contribution in [1.82, 2.24) is 10.5 Å². The minimum absolute atomic E-state index is 0.603. The van der Waals surface area contributed by atoms with Crippen LogP contribution in [-0.2, 0) is 6.42 Å². The monoisotopic (exact) mass is 166 g/mol. The minimum atomic E-state index is 0.603. The van der Waals surface area contributed by atoms with E-state index in [2.05, 4.69) is 10.5 Å². The van der Waals surface area contributed by atoms with E-state index >= 15 is 0 Å². The predicted octanol–water partition coefficient (Wildman–Crippen LogP) is 1.36. The molecule has 1 aromatic rings. The Bertz CT molecular complexity index is 214. The zero-order chi connectivity index (χ0) is 8.23. The largest absolute Gasteiger partial charge is 0.361 e. The van der Waals surface area contributed by atoms with Gasteiger partial charge in [0.1, 0.15) is 5.76 Å². The number of piperidine rings is 1. The van der Waals surface area contributed by atoms with Crippen molar-refractivity contribution in [2.75, 3.05) is 6.54 Å². The Hall–Kier alpha value is -0.830. The smallest absolute Gasteiger partial charge is 0.138 e. The van der Waals surface area contributed by atoms with Crippen LogP contribution in [0.3, 0.4) is 0 Å². The molecule has 1 aromatic heterocycles. The van der Waals surface area contributed by atoms with Crippen molar-refractivity contribution in [1.29, 1.82) is 0 Å². The van der Waals surface area contributed by atoms with Crippen LogP contribution in [0.15, 0.2) is 16.8 Å². The van der Waals surface area contributed by atoms with E-state index < -0.39 is 0 Å². The van der Waals surface area contributed by atoms with Crippen LogP contribution in [0.25, 0.3) is 0 Å². The highest BCUT2D eigenvalue weighted by Crippen LogP contribution is 2.11. The molecule has 3 heteroatoms. The Kier molecular flexibility index (Phi) is 2.42. The van der Waals surface area contributed by atoms with Crippen molar-refractivity contribution in [3.05, 3.63) is 18.0 Å². The van der Waals surface area contributed by atoms with Crippen LogP contribution < -0.4 is 5.32 Å². The fourth-order valence-corrected chi connectivity index (χ4v) is 1.69. The van der Waals surface area contributed by atoms with E-state index in [-0.39, 0.29) is 0 Å². The molecule has 1 saturated heterocycles. The molecule has 2 heterocycles. The van der Waals surface area contributed by atoms with Crippen molar-refractivity contribution in [2.24, 2.45) is 0 Å². The summed E-state index contributed by atoms with van der Waals surface area (Å²) in [6.45, 7) is 1.15. The van der Waals surface area contributed by atoms with Gasteiger partial charge < -0.3 is 9.84 Å². The lowest BCUT2D eigenvalue weighted by molar-refractivity contribution is 0.337. The zero-order valence-electron chi connectivity index (χ0n) is 7.12. The van der Waals surface area contributed by atoms with Gasteiger partial charge in [0.25, 0.3) is 0 Å². The molecule has 1 atom stereocenters. The molecule has 3 nitrogen and oxygen atoms in total. The van der Waals surface area contributed by atoms with Gasteiger partial charge >= 0.3 is 0 Å². The molecule has 1 aliphatic rings. The van der Waals surface area contributed by atoms with E-state index in [1.54, 1.807) is 6.20 Å². The number of aromatic nitrogens is 1. The summed E-state index contributed by atoms with van der Waals surface area (Å²) >= 11 is 0. The Morgan fingerprint density at radius 1 is 1.58 bits per heavy atom. The van der Waals surface area contributed by atoms with Crippen LogP contribution in [-0.4, -0.2) is 17.7 Å². The van der Waals surface area contributed by atoms with Crippen LogP contribution in [0, 0.1) is 0 Å². The molecule has 0 saturated carbocycles. The fraction of sp³-hybridized carbons (Fsp3) is 0.667. The summed E-state index contributed by atoms with van der Waals surface area (Å²) in [7, 11) is 0. The molecule has 1 fully saturated rings. The first-order chi connectivity index (χ1) is 5.95.